The van der Waals surface area contributed by atoms with Gasteiger partial charge in [-0.3, -0.25) is 0 Å². The molecule has 0 amide bonds. The molecular weight excluding hydrogens is 745 g/mol. The van der Waals surface area contributed by atoms with E-state index in [1.807, 2.05) is 42.5 Å². The van der Waals surface area contributed by atoms with Gasteiger partial charge in [0, 0.05) is 55.3 Å². The topological polar surface area (TPSA) is 64.7 Å². The van der Waals surface area contributed by atoms with Crippen molar-refractivity contribution in [2.45, 2.75) is 0 Å². The molecule has 0 atom stereocenters. The maximum atomic E-state index is 6.38. The number of para-hydroxylation sites is 2. The highest BCUT2D eigenvalue weighted by molar-refractivity contribution is 6.10. The molecule has 0 bridgehead atoms. The Morgan fingerprint density at radius 1 is 0.311 bits per heavy atom. The molecule has 11 aromatic rings. The lowest BCUT2D eigenvalue weighted by molar-refractivity contribution is 0.670. The van der Waals surface area contributed by atoms with Gasteiger partial charge in [-0.2, -0.15) is 0 Å². The Balaban J connectivity index is 1.05. The molecule has 8 aromatic carbocycles. The molecule has 0 saturated carbocycles. The van der Waals surface area contributed by atoms with Gasteiger partial charge in [0.2, 0.25) is 0 Å². The lowest BCUT2D eigenvalue weighted by Crippen LogP contribution is -2.01. The molecule has 3 heterocycles. The normalized spacial score (nSPS) is 11.3. The van der Waals surface area contributed by atoms with E-state index in [4.69, 9.17) is 14.4 Å². The summed E-state index contributed by atoms with van der Waals surface area (Å²) in [5.74, 6) is 1.19. The Labute approximate surface area is 353 Å². The van der Waals surface area contributed by atoms with E-state index in [-0.39, 0.29) is 0 Å². The number of benzene rings is 8. The first-order chi connectivity index (χ1) is 30.3. The summed E-state index contributed by atoms with van der Waals surface area (Å²) in [5, 5.41) is 2.20. The molecular formula is C56H36N4O. The molecule has 11 rings (SSSR count). The second kappa shape index (κ2) is 15.5. The minimum atomic E-state index is 0.595. The fourth-order valence-corrected chi connectivity index (χ4v) is 8.42. The summed E-state index contributed by atoms with van der Waals surface area (Å²) in [6.07, 6.45) is 1.60. The zero-order chi connectivity index (χ0) is 40.5. The van der Waals surface area contributed by atoms with Crippen molar-refractivity contribution < 1.29 is 4.42 Å². The van der Waals surface area contributed by atoms with E-state index in [9.17, 15) is 0 Å². The molecule has 61 heavy (non-hydrogen) atoms. The third kappa shape index (κ3) is 6.64. The highest BCUT2D eigenvalue weighted by Crippen LogP contribution is 2.49. The number of aromatic nitrogens is 4. The SMILES string of the molecule is c1ccc(-c2nc(-c3ccccc3)c(-c3ccccc3)c(-c3ccc(-c4ncnc(-c5cccc(-c6cccc7c6oc6ccccc67)c5)n4)cc3)c2-c2ccccc2)cc1. The van der Waals surface area contributed by atoms with Crippen LogP contribution >= 0.6 is 0 Å². The predicted octanol–water partition coefficient (Wildman–Crippen LogP) is 14.5. The van der Waals surface area contributed by atoms with E-state index >= 15 is 0 Å². The lowest BCUT2D eigenvalue weighted by Gasteiger charge is -2.23. The van der Waals surface area contributed by atoms with Gasteiger partial charge >= 0.3 is 0 Å². The molecule has 0 radical (unpaired) electrons. The van der Waals surface area contributed by atoms with Crippen LogP contribution in [0.4, 0.5) is 0 Å². The molecule has 0 unspecified atom stereocenters. The molecule has 0 aliphatic rings. The molecule has 0 fully saturated rings. The summed E-state index contributed by atoms with van der Waals surface area (Å²) in [6, 6.07) is 73.6. The molecule has 0 aliphatic carbocycles. The fraction of sp³-hybridized carbons (Fsp3) is 0. The predicted molar refractivity (Wildman–Crippen MR) is 248 cm³/mol. The number of nitrogens with zero attached hydrogens (tertiary/aromatic N) is 4. The average molecular weight is 781 g/mol. The fourth-order valence-electron chi connectivity index (χ4n) is 8.42. The van der Waals surface area contributed by atoms with Gasteiger partial charge in [0.15, 0.2) is 11.6 Å². The maximum absolute atomic E-state index is 6.38. The quantitative estimate of drug-likeness (QED) is 0.154. The summed E-state index contributed by atoms with van der Waals surface area (Å²) in [6.45, 7) is 0. The minimum Gasteiger partial charge on any atom is -0.455 e. The number of hydrogen-bond acceptors (Lipinski definition) is 5. The number of hydrogen-bond donors (Lipinski definition) is 0. The second-order valence-corrected chi connectivity index (χ2v) is 15.0. The average Bonchev–Trinajstić information content (AvgIpc) is 3.74. The molecule has 286 valence electrons. The van der Waals surface area contributed by atoms with Gasteiger partial charge in [-0.15, -0.1) is 0 Å². The number of rotatable bonds is 8. The van der Waals surface area contributed by atoms with Crippen LogP contribution in [0.15, 0.2) is 223 Å². The van der Waals surface area contributed by atoms with Crippen LogP contribution in [0.1, 0.15) is 0 Å². The Hall–Kier alpha value is -8.28. The van der Waals surface area contributed by atoms with E-state index in [1.54, 1.807) is 6.33 Å². The molecule has 3 aromatic heterocycles. The van der Waals surface area contributed by atoms with Crippen molar-refractivity contribution in [3.63, 3.8) is 0 Å². The zero-order valence-electron chi connectivity index (χ0n) is 33.0. The van der Waals surface area contributed by atoms with Crippen LogP contribution in [0.2, 0.25) is 0 Å². The number of fused-ring (bicyclic) bond motifs is 3. The van der Waals surface area contributed by atoms with Crippen LogP contribution in [-0.2, 0) is 0 Å². The van der Waals surface area contributed by atoms with E-state index < -0.39 is 0 Å². The summed E-state index contributed by atoms with van der Waals surface area (Å²) >= 11 is 0. The van der Waals surface area contributed by atoms with Gasteiger partial charge in [0.25, 0.3) is 0 Å². The van der Waals surface area contributed by atoms with Crippen LogP contribution in [0.5, 0.6) is 0 Å². The van der Waals surface area contributed by atoms with Crippen molar-refractivity contribution in [1.29, 1.82) is 0 Å². The maximum Gasteiger partial charge on any atom is 0.163 e. The van der Waals surface area contributed by atoms with Crippen molar-refractivity contribution in [3.8, 4) is 89.8 Å². The van der Waals surface area contributed by atoms with E-state index in [0.29, 0.717) is 11.6 Å². The smallest absolute Gasteiger partial charge is 0.163 e. The van der Waals surface area contributed by atoms with Gasteiger partial charge in [-0.05, 0) is 34.4 Å². The largest absolute Gasteiger partial charge is 0.455 e. The summed E-state index contributed by atoms with van der Waals surface area (Å²) in [7, 11) is 0. The summed E-state index contributed by atoms with van der Waals surface area (Å²) in [4.78, 5) is 19.9. The van der Waals surface area contributed by atoms with Crippen LogP contribution < -0.4 is 0 Å². The van der Waals surface area contributed by atoms with Crippen molar-refractivity contribution in [2.75, 3.05) is 0 Å². The third-order valence-corrected chi connectivity index (χ3v) is 11.3. The molecule has 5 nitrogen and oxygen atoms in total. The number of pyridine rings is 1. The first kappa shape index (κ1) is 35.8. The van der Waals surface area contributed by atoms with Gasteiger partial charge in [-0.25, -0.2) is 19.9 Å². The van der Waals surface area contributed by atoms with E-state index in [0.717, 1.165) is 100 Å². The van der Waals surface area contributed by atoms with Gasteiger partial charge in [0.1, 0.15) is 17.5 Å². The highest BCUT2D eigenvalue weighted by Gasteiger charge is 2.25. The number of furan rings is 1. The molecule has 5 heteroatoms. The van der Waals surface area contributed by atoms with Gasteiger partial charge in [0.05, 0.1) is 11.4 Å². The van der Waals surface area contributed by atoms with Crippen LogP contribution in [0.3, 0.4) is 0 Å². The molecule has 0 spiro atoms. The van der Waals surface area contributed by atoms with E-state index in [1.165, 1.54) is 0 Å². The summed E-state index contributed by atoms with van der Waals surface area (Å²) in [5.41, 5.74) is 16.0. The highest BCUT2D eigenvalue weighted by atomic mass is 16.3. The standard InChI is InChI=1S/C56H36N4O/c1-5-17-37(18-6-1)50-49(51(38-19-7-2-8-20-38)53(41-23-11-4-12-24-41)59-52(50)40-21-9-3-10-22-40)39-31-33-42(34-32-39)55-57-36-58-56(60-55)44-26-15-25-43(35-44)45-28-16-29-47-46-27-13-14-30-48(46)61-54(45)47/h1-36H. The first-order valence-corrected chi connectivity index (χ1v) is 20.4. The minimum absolute atomic E-state index is 0.595. The van der Waals surface area contributed by atoms with Gasteiger partial charge < -0.3 is 4.42 Å². The Morgan fingerprint density at radius 3 is 1.39 bits per heavy atom. The van der Waals surface area contributed by atoms with Crippen LogP contribution in [0.25, 0.3) is 112 Å². The Morgan fingerprint density at radius 2 is 0.770 bits per heavy atom. The van der Waals surface area contributed by atoms with Crippen molar-refractivity contribution in [3.05, 3.63) is 219 Å². The lowest BCUT2D eigenvalue weighted by atomic mass is 9.83. The van der Waals surface area contributed by atoms with Crippen LogP contribution in [-0.4, -0.2) is 19.9 Å². The second-order valence-electron chi connectivity index (χ2n) is 15.0. The molecule has 0 aliphatic heterocycles. The molecule has 0 N–H and O–H groups in total. The molecule has 0 saturated heterocycles. The summed E-state index contributed by atoms with van der Waals surface area (Å²) < 4.78 is 6.38. The van der Waals surface area contributed by atoms with Crippen molar-refractivity contribution in [1.82, 2.24) is 19.9 Å². The Kier molecular flexibility index (Phi) is 9.10. The van der Waals surface area contributed by atoms with Crippen LogP contribution in [0, 0.1) is 0 Å². The van der Waals surface area contributed by atoms with E-state index in [2.05, 4.69) is 180 Å². The Bertz CT molecular complexity index is 3230. The zero-order valence-corrected chi connectivity index (χ0v) is 33.0. The van der Waals surface area contributed by atoms with Crippen molar-refractivity contribution in [2.24, 2.45) is 0 Å². The third-order valence-electron chi connectivity index (χ3n) is 11.3. The first-order valence-electron chi connectivity index (χ1n) is 20.4. The van der Waals surface area contributed by atoms with Crippen molar-refractivity contribution >= 4 is 21.9 Å². The van der Waals surface area contributed by atoms with Gasteiger partial charge in [-0.1, -0.05) is 200 Å². The monoisotopic (exact) mass is 780 g/mol.